The van der Waals surface area contributed by atoms with Crippen LogP contribution in [0, 0.1) is 12.7 Å². The highest BCUT2D eigenvalue weighted by molar-refractivity contribution is 7.80. The molecule has 76 valence electrons. The van der Waals surface area contributed by atoms with Crippen LogP contribution in [0.2, 0.25) is 0 Å². The molecule has 0 aliphatic rings. The number of thiol groups is 1. The van der Waals surface area contributed by atoms with E-state index in [0.717, 1.165) is 0 Å². The van der Waals surface area contributed by atoms with Gasteiger partial charge in [-0.25, -0.2) is 4.39 Å². The van der Waals surface area contributed by atoms with E-state index in [-0.39, 0.29) is 11.7 Å². The summed E-state index contributed by atoms with van der Waals surface area (Å²) < 4.78 is 13.0. The highest BCUT2D eigenvalue weighted by Gasteiger charge is 2.03. The number of benzene rings is 1. The largest absolute Gasteiger partial charge is 0.326 e. The predicted molar refractivity (Wildman–Crippen MR) is 58.2 cm³/mol. The topological polar surface area (TPSA) is 29.1 Å². The quantitative estimate of drug-likeness (QED) is 0.742. The Morgan fingerprint density at radius 2 is 2.29 bits per heavy atom. The fourth-order valence-corrected chi connectivity index (χ4v) is 1.20. The summed E-state index contributed by atoms with van der Waals surface area (Å²) in [7, 11) is 0. The van der Waals surface area contributed by atoms with Gasteiger partial charge >= 0.3 is 0 Å². The predicted octanol–water partition coefficient (Wildman–Crippen LogP) is 2.39. The molecule has 0 saturated heterocycles. The van der Waals surface area contributed by atoms with Crippen LogP contribution in [0.5, 0.6) is 0 Å². The van der Waals surface area contributed by atoms with Gasteiger partial charge in [-0.2, -0.15) is 12.6 Å². The number of hydrogen-bond acceptors (Lipinski definition) is 2. The Balaban J connectivity index is 2.68. The van der Waals surface area contributed by atoms with Crippen molar-refractivity contribution in [3.8, 4) is 0 Å². The minimum absolute atomic E-state index is 0.150. The second kappa shape index (κ2) is 5.00. The van der Waals surface area contributed by atoms with Crippen LogP contribution in [0.4, 0.5) is 10.1 Å². The summed E-state index contributed by atoms with van der Waals surface area (Å²) in [4.78, 5) is 11.1. The molecule has 0 radical (unpaired) electrons. The molecule has 0 aromatic heterocycles. The minimum Gasteiger partial charge on any atom is -0.326 e. The molecule has 14 heavy (non-hydrogen) atoms. The maximum Gasteiger partial charge on any atom is 0.225 e. The number of carbonyl (C=O) groups is 1. The Bertz CT molecular complexity index is 341. The van der Waals surface area contributed by atoms with Gasteiger partial charge in [-0.15, -0.1) is 0 Å². The molecule has 0 saturated carbocycles. The van der Waals surface area contributed by atoms with E-state index in [2.05, 4.69) is 17.9 Å². The van der Waals surface area contributed by atoms with Crippen LogP contribution in [0.1, 0.15) is 12.0 Å². The molecule has 1 rings (SSSR count). The number of rotatable bonds is 3. The van der Waals surface area contributed by atoms with Gasteiger partial charge in [-0.05, 0) is 30.4 Å². The Morgan fingerprint density at radius 3 is 2.86 bits per heavy atom. The Morgan fingerprint density at radius 1 is 1.57 bits per heavy atom. The van der Waals surface area contributed by atoms with E-state index in [1.54, 1.807) is 19.1 Å². The number of aryl methyl sites for hydroxylation is 1. The summed E-state index contributed by atoms with van der Waals surface area (Å²) in [6, 6.07) is 4.62. The average molecular weight is 213 g/mol. The first-order valence-electron chi connectivity index (χ1n) is 4.30. The molecule has 0 aliphatic heterocycles. The normalized spacial score (nSPS) is 9.93. The highest BCUT2D eigenvalue weighted by atomic mass is 32.1. The summed E-state index contributed by atoms with van der Waals surface area (Å²) in [5.74, 6) is 0.0251. The number of amides is 1. The first-order chi connectivity index (χ1) is 6.63. The third-order valence-corrected chi connectivity index (χ3v) is 2.02. The molecule has 0 unspecified atom stereocenters. The molecule has 4 heteroatoms. The van der Waals surface area contributed by atoms with Crippen LogP contribution in [0.25, 0.3) is 0 Å². The lowest BCUT2D eigenvalue weighted by atomic mass is 10.2. The smallest absolute Gasteiger partial charge is 0.225 e. The lowest BCUT2D eigenvalue weighted by Gasteiger charge is -2.04. The molecule has 0 aliphatic carbocycles. The summed E-state index contributed by atoms with van der Waals surface area (Å²) >= 11 is 3.93. The van der Waals surface area contributed by atoms with Crippen molar-refractivity contribution in [3.63, 3.8) is 0 Å². The van der Waals surface area contributed by atoms with Crippen LogP contribution in [-0.4, -0.2) is 11.7 Å². The van der Waals surface area contributed by atoms with Crippen LogP contribution in [-0.2, 0) is 4.79 Å². The van der Waals surface area contributed by atoms with Crippen LogP contribution in [0.15, 0.2) is 18.2 Å². The van der Waals surface area contributed by atoms with Gasteiger partial charge in [-0.1, -0.05) is 6.07 Å². The fraction of sp³-hybridized carbons (Fsp3) is 0.300. The average Bonchev–Trinajstić information content (AvgIpc) is 2.12. The second-order valence-corrected chi connectivity index (χ2v) is 3.43. The van der Waals surface area contributed by atoms with Gasteiger partial charge < -0.3 is 5.32 Å². The Hall–Kier alpha value is -1.03. The highest BCUT2D eigenvalue weighted by Crippen LogP contribution is 2.13. The van der Waals surface area contributed by atoms with Gasteiger partial charge in [0, 0.05) is 12.1 Å². The van der Waals surface area contributed by atoms with Crippen molar-refractivity contribution in [2.24, 2.45) is 0 Å². The van der Waals surface area contributed by atoms with Crippen molar-refractivity contribution in [2.75, 3.05) is 11.1 Å². The van der Waals surface area contributed by atoms with Gasteiger partial charge in [-0.3, -0.25) is 4.79 Å². The van der Waals surface area contributed by atoms with E-state index in [9.17, 15) is 9.18 Å². The molecule has 1 aromatic rings. The number of hydrogen-bond donors (Lipinski definition) is 2. The third kappa shape index (κ3) is 3.03. The summed E-state index contributed by atoms with van der Waals surface area (Å²) in [5, 5.41) is 2.58. The minimum atomic E-state index is -0.311. The molecule has 0 heterocycles. The monoisotopic (exact) mass is 213 g/mol. The lowest BCUT2D eigenvalue weighted by molar-refractivity contribution is -0.115. The molecule has 1 aromatic carbocycles. The van der Waals surface area contributed by atoms with Crippen molar-refractivity contribution in [3.05, 3.63) is 29.6 Å². The van der Waals surface area contributed by atoms with Crippen molar-refractivity contribution in [2.45, 2.75) is 13.3 Å². The number of anilines is 1. The van der Waals surface area contributed by atoms with Gasteiger partial charge in [0.1, 0.15) is 5.82 Å². The first kappa shape index (κ1) is 11.0. The standard InChI is InChI=1S/C10H12FNOS/c1-7-2-3-8(6-9(7)11)12-10(13)4-5-14/h2-3,6,14H,4-5H2,1H3,(H,12,13). The maximum absolute atomic E-state index is 13.0. The van der Waals surface area contributed by atoms with Gasteiger partial charge in [0.2, 0.25) is 5.91 Å². The van der Waals surface area contributed by atoms with E-state index in [1.807, 2.05) is 0 Å². The zero-order valence-corrected chi connectivity index (χ0v) is 8.77. The SMILES string of the molecule is Cc1ccc(NC(=O)CCS)cc1F. The van der Waals surface area contributed by atoms with Crippen molar-refractivity contribution >= 4 is 24.2 Å². The van der Waals surface area contributed by atoms with E-state index in [1.165, 1.54) is 6.07 Å². The lowest BCUT2D eigenvalue weighted by Crippen LogP contribution is -2.11. The van der Waals surface area contributed by atoms with E-state index in [4.69, 9.17) is 0 Å². The third-order valence-electron chi connectivity index (χ3n) is 1.79. The molecule has 0 bridgehead atoms. The summed E-state index contributed by atoms with van der Waals surface area (Å²) in [6.45, 7) is 1.68. The van der Waals surface area contributed by atoms with Gasteiger partial charge in [0.05, 0.1) is 0 Å². The molecule has 0 fully saturated rings. The Kier molecular flexibility index (Phi) is 3.95. The molecule has 2 nitrogen and oxygen atoms in total. The zero-order chi connectivity index (χ0) is 10.6. The molecule has 1 amide bonds. The first-order valence-corrected chi connectivity index (χ1v) is 4.93. The Labute approximate surface area is 87.9 Å². The summed E-state index contributed by atoms with van der Waals surface area (Å²) in [6.07, 6.45) is 0.332. The second-order valence-electron chi connectivity index (χ2n) is 2.99. The zero-order valence-electron chi connectivity index (χ0n) is 7.88. The van der Waals surface area contributed by atoms with Crippen molar-refractivity contribution < 1.29 is 9.18 Å². The van der Waals surface area contributed by atoms with E-state index in [0.29, 0.717) is 23.4 Å². The molecular weight excluding hydrogens is 201 g/mol. The number of halogens is 1. The van der Waals surface area contributed by atoms with Crippen LogP contribution < -0.4 is 5.32 Å². The summed E-state index contributed by atoms with van der Waals surface area (Å²) in [5.41, 5.74) is 1.05. The number of carbonyl (C=O) groups excluding carboxylic acids is 1. The van der Waals surface area contributed by atoms with Gasteiger partial charge in [0.15, 0.2) is 0 Å². The van der Waals surface area contributed by atoms with Crippen molar-refractivity contribution in [1.29, 1.82) is 0 Å². The molecule has 0 spiro atoms. The van der Waals surface area contributed by atoms with Crippen LogP contribution in [0.3, 0.4) is 0 Å². The van der Waals surface area contributed by atoms with Crippen molar-refractivity contribution in [1.82, 2.24) is 0 Å². The fourth-order valence-electron chi connectivity index (χ4n) is 0.996. The molecule has 0 atom stereocenters. The number of nitrogens with one attached hydrogen (secondary N) is 1. The van der Waals surface area contributed by atoms with Gasteiger partial charge in [0.25, 0.3) is 0 Å². The maximum atomic E-state index is 13.0. The van der Waals surface area contributed by atoms with Crippen LogP contribution >= 0.6 is 12.6 Å². The van der Waals surface area contributed by atoms with E-state index < -0.39 is 0 Å². The molecule has 1 N–H and O–H groups in total. The molecular formula is C10H12FNOS. The van der Waals surface area contributed by atoms with E-state index >= 15 is 0 Å².